The summed E-state index contributed by atoms with van der Waals surface area (Å²) in [5.41, 5.74) is 2.46. The number of hydrogen-bond acceptors (Lipinski definition) is 3. The highest BCUT2D eigenvalue weighted by molar-refractivity contribution is 5.76. The number of carbonyl (C=O) groups excluding carboxylic acids is 1. The molecule has 2 rings (SSSR count). The Bertz CT molecular complexity index is 502. The molecule has 128 valence electrons. The zero-order valence-corrected chi connectivity index (χ0v) is 14.7. The molecule has 1 N–H and O–H groups in total. The van der Waals surface area contributed by atoms with E-state index in [1.807, 2.05) is 6.07 Å². The smallest absolute Gasteiger partial charge is 0.220 e. The molecule has 0 spiro atoms. The van der Waals surface area contributed by atoms with E-state index in [1.165, 1.54) is 11.1 Å². The monoisotopic (exact) mass is 318 g/mol. The van der Waals surface area contributed by atoms with Crippen LogP contribution in [0.2, 0.25) is 0 Å². The topological polar surface area (TPSA) is 41.6 Å². The number of ether oxygens (including phenoxy) is 1. The van der Waals surface area contributed by atoms with Crippen molar-refractivity contribution in [2.75, 3.05) is 32.8 Å². The maximum absolute atomic E-state index is 12.0. The number of benzene rings is 1. The van der Waals surface area contributed by atoms with Crippen molar-refractivity contribution in [1.82, 2.24) is 10.2 Å². The number of nitrogens with zero attached hydrogens (tertiary/aromatic N) is 1. The first-order valence-corrected chi connectivity index (χ1v) is 8.69. The van der Waals surface area contributed by atoms with E-state index in [0.717, 1.165) is 32.7 Å². The largest absolute Gasteiger partial charge is 0.374 e. The van der Waals surface area contributed by atoms with Gasteiger partial charge in [-0.1, -0.05) is 43.7 Å². The average molecular weight is 318 g/mol. The van der Waals surface area contributed by atoms with Gasteiger partial charge in [0.2, 0.25) is 5.91 Å². The van der Waals surface area contributed by atoms with Crippen molar-refractivity contribution < 1.29 is 9.53 Å². The molecule has 1 aromatic rings. The van der Waals surface area contributed by atoms with E-state index < -0.39 is 0 Å². The Morgan fingerprint density at radius 3 is 3.00 bits per heavy atom. The third-order valence-corrected chi connectivity index (χ3v) is 4.10. The van der Waals surface area contributed by atoms with Crippen molar-refractivity contribution in [3.63, 3.8) is 0 Å². The van der Waals surface area contributed by atoms with Gasteiger partial charge >= 0.3 is 0 Å². The Morgan fingerprint density at radius 1 is 1.43 bits per heavy atom. The molecular formula is C19H30N2O2. The van der Waals surface area contributed by atoms with Crippen LogP contribution in [0.5, 0.6) is 0 Å². The van der Waals surface area contributed by atoms with E-state index in [9.17, 15) is 4.79 Å². The van der Waals surface area contributed by atoms with Gasteiger partial charge in [0.1, 0.15) is 0 Å². The summed E-state index contributed by atoms with van der Waals surface area (Å²) in [6, 6.07) is 8.34. The summed E-state index contributed by atoms with van der Waals surface area (Å²) >= 11 is 0. The van der Waals surface area contributed by atoms with Crippen LogP contribution in [0, 0.1) is 12.8 Å². The zero-order valence-electron chi connectivity index (χ0n) is 14.7. The van der Waals surface area contributed by atoms with Gasteiger partial charge in [0.25, 0.3) is 0 Å². The quantitative estimate of drug-likeness (QED) is 0.839. The van der Waals surface area contributed by atoms with Gasteiger partial charge in [-0.25, -0.2) is 0 Å². The van der Waals surface area contributed by atoms with Crippen LogP contribution in [0.15, 0.2) is 24.3 Å². The number of aryl methyl sites for hydroxylation is 2. The molecule has 0 aromatic heterocycles. The minimum absolute atomic E-state index is 0.107. The summed E-state index contributed by atoms with van der Waals surface area (Å²) in [7, 11) is 0. The van der Waals surface area contributed by atoms with Crippen LogP contribution >= 0.6 is 0 Å². The first-order chi connectivity index (χ1) is 11.0. The van der Waals surface area contributed by atoms with Crippen LogP contribution < -0.4 is 5.32 Å². The normalized spacial score (nSPS) is 19.0. The van der Waals surface area contributed by atoms with Crippen LogP contribution in [0.3, 0.4) is 0 Å². The van der Waals surface area contributed by atoms with Crippen molar-refractivity contribution in [3.8, 4) is 0 Å². The number of morpholine rings is 1. The van der Waals surface area contributed by atoms with Gasteiger partial charge in [0.05, 0.1) is 12.7 Å². The Hall–Kier alpha value is -1.39. The number of rotatable bonds is 7. The lowest BCUT2D eigenvalue weighted by molar-refractivity contribution is -0.122. The van der Waals surface area contributed by atoms with Gasteiger partial charge in [-0.05, 0) is 24.8 Å². The van der Waals surface area contributed by atoms with Crippen molar-refractivity contribution in [3.05, 3.63) is 35.4 Å². The van der Waals surface area contributed by atoms with Crippen LogP contribution in [0.4, 0.5) is 0 Å². The molecule has 0 aliphatic carbocycles. The number of nitrogens with one attached hydrogen (secondary N) is 1. The molecular weight excluding hydrogens is 288 g/mol. The van der Waals surface area contributed by atoms with Crippen molar-refractivity contribution >= 4 is 5.91 Å². The molecule has 0 bridgehead atoms. The summed E-state index contributed by atoms with van der Waals surface area (Å²) < 4.78 is 5.76. The maximum atomic E-state index is 12.0. The van der Waals surface area contributed by atoms with Crippen LogP contribution in [-0.4, -0.2) is 49.7 Å². The molecule has 0 saturated carbocycles. The summed E-state index contributed by atoms with van der Waals surface area (Å²) in [6.45, 7) is 10.9. The maximum Gasteiger partial charge on any atom is 0.220 e. The molecule has 1 aliphatic heterocycles. The second-order valence-corrected chi connectivity index (χ2v) is 6.94. The SMILES string of the molecule is Cc1cccc(CCC(=O)NCC2CN(CC(C)C)CCO2)c1. The van der Waals surface area contributed by atoms with E-state index in [1.54, 1.807) is 0 Å². The summed E-state index contributed by atoms with van der Waals surface area (Å²) in [6.07, 6.45) is 1.44. The molecule has 1 aromatic carbocycles. The van der Waals surface area contributed by atoms with E-state index in [-0.39, 0.29) is 12.0 Å². The third kappa shape index (κ3) is 6.71. The van der Waals surface area contributed by atoms with Crippen molar-refractivity contribution in [1.29, 1.82) is 0 Å². The van der Waals surface area contributed by atoms with Crippen LogP contribution in [0.25, 0.3) is 0 Å². The second kappa shape index (κ2) is 9.04. The summed E-state index contributed by atoms with van der Waals surface area (Å²) in [5.74, 6) is 0.772. The van der Waals surface area contributed by atoms with E-state index in [4.69, 9.17) is 4.74 Å². The highest BCUT2D eigenvalue weighted by Gasteiger charge is 2.21. The lowest BCUT2D eigenvalue weighted by Gasteiger charge is -2.33. The first kappa shape index (κ1) is 18.0. The van der Waals surface area contributed by atoms with Gasteiger partial charge in [0, 0.05) is 32.6 Å². The minimum atomic E-state index is 0.107. The number of amides is 1. The van der Waals surface area contributed by atoms with Gasteiger partial charge in [-0.2, -0.15) is 0 Å². The zero-order chi connectivity index (χ0) is 16.7. The van der Waals surface area contributed by atoms with E-state index in [0.29, 0.717) is 18.9 Å². The fourth-order valence-corrected chi connectivity index (χ4v) is 3.03. The standard InChI is InChI=1S/C19H30N2O2/c1-15(2)13-21-9-10-23-18(14-21)12-20-19(22)8-7-17-6-4-5-16(3)11-17/h4-6,11,15,18H,7-10,12-14H2,1-3H3,(H,20,22). The molecule has 4 heteroatoms. The minimum Gasteiger partial charge on any atom is -0.374 e. The van der Waals surface area contributed by atoms with Gasteiger partial charge in [-0.3, -0.25) is 9.69 Å². The third-order valence-electron chi connectivity index (χ3n) is 4.10. The lowest BCUT2D eigenvalue weighted by atomic mass is 10.1. The molecule has 1 amide bonds. The van der Waals surface area contributed by atoms with Gasteiger partial charge < -0.3 is 10.1 Å². The van der Waals surface area contributed by atoms with Crippen molar-refractivity contribution in [2.24, 2.45) is 5.92 Å². The highest BCUT2D eigenvalue weighted by Crippen LogP contribution is 2.08. The van der Waals surface area contributed by atoms with Crippen LogP contribution in [-0.2, 0) is 16.0 Å². The van der Waals surface area contributed by atoms with Gasteiger partial charge in [-0.15, -0.1) is 0 Å². The lowest BCUT2D eigenvalue weighted by Crippen LogP contribution is -2.48. The predicted octanol–water partition coefficient (Wildman–Crippen LogP) is 2.40. The Labute approximate surface area is 140 Å². The van der Waals surface area contributed by atoms with E-state index >= 15 is 0 Å². The average Bonchev–Trinajstić information content (AvgIpc) is 2.51. The number of carbonyl (C=O) groups is 1. The summed E-state index contributed by atoms with van der Waals surface area (Å²) in [4.78, 5) is 14.5. The molecule has 1 heterocycles. The predicted molar refractivity (Wildman–Crippen MR) is 93.5 cm³/mol. The highest BCUT2D eigenvalue weighted by atomic mass is 16.5. The Balaban J connectivity index is 1.67. The molecule has 4 nitrogen and oxygen atoms in total. The molecule has 1 unspecified atom stereocenters. The fraction of sp³-hybridized carbons (Fsp3) is 0.632. The number of hydrogen-bond donors (Lipinski definition) is 1. The van der Waals surface area contributed by atoms with E-state index in [2.05, 4.69) is 49.2 Å². The summed E-state index contributed by atoms with van der Waals surface area (Å²) in [5, 5.41) is 3.02. The molecule has 1 saturated heterocycles. The molecule has 1 fully saturated rings. The second-order valence-electron chi connectivity index (χ2n) is 6.94. The molecule has 23 heavy (non-hydrogen) atoms. The van der Waals surface area contributed by atoms with Crippen LogP contribution in [0.1, 0.15) is 31.4 Å². The van der Waals surface area contributed by atoms with Gasteiger partial charge in [0.15, 0.2) is 0 Å². The first-order valence-electron chi connectivity index (χ1n) is 8.69. The Morgan fingerprint density at radius 2 is 2.26 bits per heavy atom. The Kier molecular flexibility index (Phi) is 7.06. The molecule has 0 radical (unpaired) electrons. The fourth-order valence-electron chi connectivity index (χ4n) is 3.03. The molecule has 1 aliphatic rings. The molecule has 1 atom stereocenters. The van der Waals surface area contributed by atoms with Crippen molar-refractivity contribution in [2.45, 2.75) is 39.7 Å².